The number of nitrogens with two attached hydrogens (primary N) is 1. The predicted octanol–water partition coefficient (Wildman–Crippen LogP) is 3.34. The Morgan fingerprint density at radius 2 is 2.00 bits per heavy atom. The van der Waals surface area contributed by atoms with Crippen molar-refractivity contribution in [2.75, 3.05) is 0 Å². The van der Waals surface area contributed by atoms with Crippen LogP contribution in [0, 0.1) is 0 Å². The summed E-state index contributed by atoms with van der Waals surface area (Å²) in [6, 6.07) is 8.28. The molecular weight excluding hydrogens is 244 g/mol. The number of aromatic nitrogens is 1. The Balaban J connectivity index is 1.78. The number of nitrogens with zero attached hydrogens (tertiary/aromatic N) is 1. The van der Waals surface area contributed by atoms with Crippen LogP contribution in [-0.4, -0.2) is 17.1 Å². The number of benzene rings is 1. The minimum Gasteiger partial charge on any atom is -0.465 e. The summed E-state index contributed by atoms with van der Waals surface area (Å²) in [7, 11) is 0. The van der Waals surface area contributed by atoms with Gasteiger partial charge in [-0.25, -0.2) is 4.98 Å². The maximum atomic E-state index is 6.17. The van der Waals surface area contributed by atoms with Crippen molar-refractivity contribution in [2.24, 2.45) is 5.73 Å². The molecule has 4 heteroatoms. The molecular formula is C14H18N2OS. The van der Waals surface area contributed by atoms with E-state index in [1.807, 2.05) is 18.2 Å². The SMILES string of the molecule is NC1CCCCCC1Oc1nc2ccccc2s1. The molecule has 2 N–H and O–H groups in total. The highest BCUT2D eigenvalue weighted by molar-refractivity contribution is 7.20. The second-order valence-electron chi connectivity index (χ2n) is 4.91. The lowest BCUT2D eigenvalue weighted by Crippen LogP contribution is -2.37. The molecule has 3 nitrogen and oxygen atoms in total. The van der Waals surface area contributed by atoms with E-state index in [0.29, 0.717) is 0 Å². The van der Waals surface area contributed by atoms with E-state index in [1.165, 1.54) is 24.0 Å². The van der Waals surface area contributed by atoms with E-state index in [-0.39, 0.29) is 12.1 Å². The van der Waals surface area contributed by atoms with Crippen LogP contribution in [0.25, 0.3) is 10.2 Å². The van der Waals surface area contributed by atoms with Crippen molar-refractivity contribution in [1.29, 1.82) is 0 Å². The van der Waals surface area contributed by atoms with Gasteiger partial charge in [0.05, 0.1) is 10.2 Å². The first-order valence-electron chi connectivity index (χ1n) is 6.61. The molecule has 0 bridgehead atoms. The highest BCUT2D eigenvalue weighted by Crippen LogP contribution is 2.30. The fourth-order valence-electron chi connectivity index (χ4n) is 2.48. The summed E-state index contributed by atoms with van der Waals surface area (Å²) in [5, 5.41) is 0.763. The molecule has 1 fully saturated rings. The minimum atomic E-state index is 0.132. The first-order chi connectivity index (χ1) is 8.83. The topological polar surface area (TPSA) is 48.1 Å². The van der Waals surface area contributed by atoms with E-state index in [9.17, 15) is 0 Å². The van der Waals surface area contributed by atoms with Gasteiger partial charge in [0.15, 0.2) is 0 Å². The molecule has 0 radical (unpaired) electrons. The molecule has 96 valence electrons. The number of fused-ring (bicyclic) bond motifs is 1. The van der Waals surface area contributed by atoms with E-state index < -0.39 is 0 Å². The Hall–Kier alpha value is -1.13. The van der Waals surface area contributed by atoms with Crippen LogP contribution in [0.3, 0.4) is 0 Å². The smallest absolute Gasteiger partial charge is 0.274 e. The molecule has 1 aromatic carbocycles. The van der Waals surface area contributed by atoms with Gasteiger partial charge in [0, 0.05) is 6.04 Å². The van der Waals surface area contributed by atoms with E-state index in [2.05, 4.69) is 11.1 Å². The lowest BCUT2D eigenvalue weighted by molar-refractivity contribution is 0.162. The number of ether oxygens (including phenoxy) is 1. The summed E-state index contributed by atoms with van der Waals surface area (Å²) in [6.45, 7) is 0. The summed E-state index contributed by atoms with van der Waals surface area (Å²) in [5.41, 5.74) is 7.19. The van der Waals surface area contributed by atoms with Gasteiger partial charge < -0.3 is 10.5 Å². The number of rotatable bonds is 2. The van der Waals surface area contributed by atoms with Crippen molar-refractivity contribution in [3.05, 3.63) is 24.3 Å². The minimum absolute atomic E-state index is 0.132. The summed E-state index contributed by atoms with van der Waals surface area (Å²) in [4.78, 5) is 4.51. The van der Waals surface area contributed by atoms with Crippen LogP contribution in [0.2, 0.25) is 0 Å². The zero-order valence-corrected chi connectivity index (χ0v) is 11.2. The molecule has 1 saturated carbocycles. The van der Waals surface area contributed by atoms with Crippen molar-refractivity contribution in [1.82, 2.24) is 4.98 Å². The molecule has 1 aliphatic carbocycles. The zero-order chi connectivity index (χ0) is 12.4. The van der Waals surface area contributed by atoms with Crippen LogP contribution in [0.15, 0.2) is 24.3 Å². The normalized spacial score (nSPS) is 24.9. The van der Waals surface area contributed by atoms with E-state index >= 15 is 0 Å². The van der Waals surface area contributed by atoms with Gasteiger partial charge in [-0.05, 0) is 31.4 Å². The van der Waals surface area contributed by atoms with Crippen LogP contribution in [-0.2, 0) is 0 Å². The van der Waals surface area contributed by atoms with Crippen molar-refractivity contribution < 1.29 is 4.74 Å². The molecule has 0 spiro atoms. The van der Waals surface area contributed by atoms with Gasteiger partial charge in [0.2, 0.25) is 0 Å². The van der Waals surface area contributed by atoms with Crippen molar-refractivity contribution in [3.8, 4) is 5.19 Å². The molecule has 1 heterocycles. The van der Waals surface area contributed by atoms with Crippen molar-refractivity contribution >= 4 is 21.6 Å². The monoisotopic (exact) mass is 262 g/mol. The number of hydrogen-bond donors (Lipinski definition) is 1. The van der Waals surface area contributed by atoms with Gasteiger partial charge in [-0.1, -0.05) is 36.3 Å². The highest BCUT2D eigenvalue weighted by Gasteiger charge is 2.23. The first kappa shape index (κ1) is 11.9. The van der Waals surface area contributed by atoms with Crippen LogP contribution in [0.1, 0.15) is 32.1 Å². The van der Waals surface area contributed by atoms with Gasteiger partial charge in [0.1, 0.15) is 6.10 Å². The molecule has 1 aromatic heterocycles. The average Bonchev–Trinajstić information content (AvgIpc) is 2.68. The molecule has 0 aliphatic heterocycles. The summed E-state index contributed by atoms with van der Waals surface area (Å²) in [5.74, 6) is 0. The van der Waals surface area contributed by atoms with Gasteiger partial charge in [0.25, 0.3) is 5.19 Å². The summed E-state index contributed by atoms with van der Waals surface area (Å²) < 4.78 is 7.19. The largest absolute Gasteiger partial charge is 0.465 e. The second kappa shape index (κ2) is 5.24. The Morgan fingerprint density at radius 1 is 1.17 bits per heavy atom. The second-order valence-corrected chi connectivity index (χ2v) is 5.90. The highest BCUT2D eigenvalue weighted by atomic mass is 32.1. The fraction of sp³-hybridized carbons (Fsp3) is 0.500. The van der Waals surface area contributed by atoms with Gasteiger partial charge in [-0.3, -0.25) is 0 Å². The Kier molecular flexibility index (Phi) is 3.48. The van der Waals surface area contributed by atoms with Gasteiger partial charge >= 0.3 is 0 Å². The quantitative estimate of drug-likeness (QED) is 0.844. The number of hydrogen-bond acceptors (Lipinski definition) is 4. The maximum absolute atomic E-state index is 6.17. The molecule has 2 unspecified atom stereocenters. The lowest BCUT2D eigenvalue weighted by Gasteiger charge is -2.20. The lowest BCUT2D eigenvalue weighted by atomic mass is 10.1. The third-order valence-corrected chi connectivity index (χ3v) is 4.46. The van der Waals surface area contributed by atoms with Crippen LogP contribution in [0.5, 0.6) is 5.19 Å². The van der Waals surface area contributed by atoms with Gasteiger partial charge in [-0.15, -0.1) is 0 Å². The molecule has 1 aliphatic rings. The third kappa shape index (κ3) is 2.49. The molecule has 2 aromatic rings. The van der Waals surface area contributed by atoms with E-state index in [4.69, 9.17) is 10.5 Å². The molecule has 0 saturated heterocycles. The summed E-state index contributed by atoms with van der Waals surface area (Å²) >= 11 is 1.61. The number of para-hydroxylation sites is 1. The first-order valence-corrected chi connectivity index (χ1v) is 7.42. The maximum Gasteiger partial charge on any atom is 0.274 e. The molecule has 0 amide bonds. The Morgan fingerprint density at radius 3 is 2.89 bits per heavy atom. The Labute approximate surface area is 111 Å². The third-order valence-electron chi connectivity index (χ3n) is 3.53. The van der Waals surface area contributed by atoms with E-state index in [0.717, 1.165) is 23.6 Å². The average molecular weight is 262 g/mol. The zero-order valence-electron chi connectivity index (χ0n) is 10.3. The standard InChI is InChI=1S/C14H18N2OS/c15-10-6-2-1-3-8-12(10)17-14-16-11-7-4-5-9-13(11)18-14/h4-5,7,9-10,12H,1-3,6,8,15H2. The van der Waals surface area contributed by atoms with Crippen LogP contribution in [0.4, 0.5) is 0 Å². The van der Waals surface area contributed by atoms with E-state index in [1.54, 1.807) is 11.3 Å². The van der Waals surface area contributed by atoms with Crippen molar-refractivity contribution in [2.45, 2.75) is 44.2 Å². The molecule has 2 atom stereocenters. The van der Waals surface area contributed by atoms with Crippen LogP contribution >= 0.6 is 11.3 Å². The predicted molar refractivity (Wildman–Crippen MR) is 75.1 cm³/mol. The molecule has 3 rings (SSSR count). The number of thiazole rings is 1. The summed E-state index contributed by atoms with van der Waals surface area (Å²) in [6.07, 6.45) is 5.96. The molecule has 18 heavy (non-hydrogen) atoms. The fourth-order valence-corrected chi connectivity index (χ4v) is 3.35. The Bertz CT molecular complexity index is 492. The van der Waals surface area contributed by atoms with Gasteiger partial charge in [-0.2, -0.15) is 0 Å². The van der Waals surface area contributed by atoms with Crippen molar-refractivity contribution in [3.63, 3.8) is 0 Å². The van der Waals surface area contributed by atoms with Crippen LogP contribution < -0.4 is 10.5 Å².